The molecule has 6 heteroatoms. The fraction of sp³-hybridized carbons (Fsp3) is 0.385. The molecule has 1 heterocycles. The first-order valence-electron chi connectivity index (χ1n) is 6.10. The van der Waals surface area contributed by atoms with Gasteiger partial charge in [-0.1, -0.05) is 22.0 Å². The van der Waals surface area contributed by atoms with E-state index in [1.807, 2.05) is 19.1 Å². The third-order valence-corrected chi connectivity index (χ3v) is 3.37. The molecule has 1 saturated heterocycles. The van der Waals surface area contributed by atoms with Gasteiger partial charge < -0.3 is 9.64 Å². The highest BCUT2D eigenvalue weighted by molar-refractivity contribution is 9.10. The number of morpholine rings is 1. The number of ether oxygens (including phenoxy) is 1. The lowest BCUT2D eigenvalue weighted by atomic mass is 10.2. The zero-order valence-electron chi connectivity index (χ0n) is 10.7. The third kappa shape index (κ3) is 4.04. The van der Waals surface area contributed by atoms with E-state index >= 15 is 0 Å². The highest BCUT2D eigenvalue weighted by atomic mass is 79.9. The molecule has 5 nitrogen and oxygen atoms in total. The molecule has 2 rings (SSSR count). The number of benzene rings is 1. The molecule has 1 aliphatic heterocycles. The van der Waals surface area contributed by atoms with E-state index in [-0.39, 0.29) is 5.91 Å². The molecule has 0 atom stereocenters. The average molecular weight is 326 g/mol. The summed E-state index contributed by atoms with van der Waals surface area (Å²) in [7, 11) is 0. The number of nitrogens with zero attached hydrogens (tertiary/aromatic N) is 2. The highest BCUT2D eigenvalue weighted by Crippen LogP contribution is 2.11. The maximum Gasteiger partial charge on any atom is 0.271 e. The van der Waals surface area contributed by atoms with Gasteiger partial charge in [0.05, 0.1) is 13.2 Å². The lowest BCUT2D eigenvalue weighted by Gasteiger charge is -2.27. The number of hydrazone groups is 1. The van der Waals surface area contributed by atoms with E-state index in [1.54, 1.807) is 12.1 Å². The summed E-state index contributed by atoms with van der Waals surface area (Å²) in [4.78, 5) is 14.0. The molecule has 1 amide bonds. The lowest BCUT2D eigenvalue weighted by molar-refractivity contribution is 0.0674. The highest BCUT2D eigenvalue weighted by Gasteiger charge is 2.12. The first kappa shape index (κ1) is 14.0. The van der Waals surface area contributed by atoms with Gasteiger partial charge in [0.15, 0.2) is 0 Å². The second-order valence-electron chi connectivity index (χ2n) is 4.21. The van der Waals surface area contributed by atoms with Crippen LogP contribution in [0.3, 0.4) is 0 Å². The maximum atomic E-state index is 11.9. The summed E-state index contributed by atoms with van der Waals surface area (Å²) in [5, 5.41) is 4.13. The quantitative estimate of drug-likeness (QED) is 0.513. The van der Waals surface area contributed by atoms with E-state index in [0.717, 1.165) is 23.4 Å². The van der Waals surface area contributed by atoms with Crippen LogP contribution in [-0.4, -0.2) is 42.9 Å². The number of rotatable bonds is 2. The Labute approximate surface area is 120 Å². The fourth-order valence-electron chi connectivity index (χ4n) is 1.78. The van der Waals surface area contributed by atoms with Crippen molar-refractivity contribution in [3.63, 3.8) is 0 Å². The number of nitrogens with one attached hydrogen (secondary N) is 1. The standard InChI is InChI=1S/C13H16BrN3O2/c1-10(17-5-7-19-8-6-17)15-16-13(18)11-3-2-4-12(14)9-11/h2-4,9H,5-8H2,1H3,(H,16,18)/b15-10+. The average Bonchev–Trinajstić information content (AvgIpc) is 2.45. The van der Waals surface area contributed by atoms with Crippen LogP contribution in [0, 0.1) is 0 Å². The topological polar surface area (TPSA) is 53.9 Å². The van der Waals surface area contributed by atoms with Crippen molar-refractivity contribution in [2.75, 3.05) is 26.3 Å². The van der Waals surface area contributed by atoms with E-state index in [2.05, 4.69) is 31.4 Å². The molecule has 0 unspecified atom stereocenters. The van der Waals surface area contributed by atoms with Crippen molar-refractivity contribution >= 4 is 27.7 Å². The zero-order chi connectivity index (χ0) is 13.7. The van der Waals surface area contributed by atoms with Gasteiger partial charge in [-0.15, -0.1) is 0 Å². The Morgan fingerprint density at radius 1 is 1.42 bits per heavy atom. The van der Waals surface area contributed by atoms with E-state index in [9.17, 15) is 4.79 Å². The molecule has 102 valence electrons. The number of hydrogen-bond donors (Lipinski definition) is 1. The lowest BCUT2D eigenvalue weighted by Crippen LogP contribution is -2.40. The summed E-state index contributed by atoms with van der Waals surface area (Å²) in [5.41, 5.74) is 3.15. The van der Waals surface area contributed by atoms with Crippen molar-refractivity contribution in [1.29, 1.82) is 0 Å². The molecule has 1 aliphatic rings. The van der Waals surface area contributed by atoms with Gasteiger partial charge in [-0.2, -0.15) is 5.10 Å². The number of amides is 1. The molecular formula is C13H16BrN3O2. The predicted molar refractivity (Wildman–Crippen MR) is 77.1 cm³/mol. The third-order valence-electron chi connectivity index (χ3n) is 2.87. The van der Waals surface area contributed by atoms with Crippen LogP contribution in [0.5, 0.6) is 0 Å². The molecule has 0 aromatic heterocycles. The van der Waals surface area contributed by atoms with Gasteiger partial charge in [0, 0.05) is 23.1 Å². The predicted octanol–water partition coefficient (Wildman–Crippen LogP) is 1.84. The van der Waals surface area contributed by atoms with Gasteiger partial charge >= 0.3 is 0 Å². The molecule has 1 N–H and O–H groups in total. The molecule has 1 aromatic rings. The minimum absolute atomic E-state index is 0.214. The first-order valence-corrected chi connectivity index (χ1v) is 6.89. The minimum atomic E-state index is -0.214. The Morgan fingerprint density at radius 2 is 2.16 bits per heavy atom. The van der Waals surface area contributed by atoms with E-state index < -0.39 is 0 Å². The number of carbonyl (C=O) groups is 1. The summed E-state index contributed by atoms with van der Waals surface area (Å²) < 4.78 is 6.14. The van der Waals surface area contributed by atoms with Crippen molar-refractivity contribution in [2.45, 2.75) is 6.92 Å². The van der Waals surface area contributed by atoms with Crippen molar-refractivity contribution < 1.29 is 9.53 Å². The summed E-state index contributed by atoms with van der Waals surface area (Å²) in [5.74, 6) is 0.584. The summed E-state index contributed by atoms with van der Waals surface area (Å²) in [6.45, 7) is 4.90. The van der Waals surface area contributed by atoms with Crippen LogP contribution in [0.1, 0.15) is 17.3 Å². The van der Waals surface area contributed by atoms with E-state index in [0.29, 0.717) is 18.8 Å². The maximum absolute atomic E-state index is 11.9. The van der Waals surface area contributed by atoms with Gasteiger partial charge in [-0.3, -0.25) is 4.79 Å². The monoisotopic (exact) mass is 325 g/mol. The SMILES string of the molecule is C/C(=N\NC(=O)c1cccc(Br)c1)N1CCOCC1. The van der Waals surface area contributed by atoms with Crippen LogP contribution in [0.2, 0.25) is 0 Å². The Balaban J connectivity index is 1.95. The van der Waals surface area contributed by atoms with Crippen LogP contribution < -0.4 is 5.43 Å². The number of hydrogen-bond acceptors (Lipinski definition) is 3. The van der Waals surface area contributed by atoms with Crippen molar-refractivity contribution in [2.24, 2.45) is 5.10 Å². The Kier molecular flexibility index (Phi) is 4.93. The number of amidine groups is 1. The van der Waals surface area contributed by atoms with Crippen LogP contribution in [-0.2, 0) is 4.74 Å². The van der Waals surface area contributed by atoms with Gasteiger partial charge in [0.2, 0.25) is 0 Å². The van der Waals surface area contributed by atoms with Gasteiger partial charge in [-0.05, 0) is 25.1 Å². The second kappa shape index (κ2) is 6.68. The molecule has 1 aromatic carbocycles. The Bertz CT molecular complexity index is 485. The minimum Gasteiger partial charge on any atom is -0.378 e. The smallest absolute Gasteiger partial charge is 0.271 e. The first-order chi connectivity index (χ1) is 9.16. The van der Waals surface area contributed by atoms with Crippen molar-refractivity contribution in [1.82, 2.24) is 10.3 Å². The molecule has 0 spiro atoms. The summed E-state index contributed by atoms with van der Waals surface area (Å²) in [6.07, 6.45) is 0. The second-order valence-corrected chi connectivity index (χ2v) is 5.13. The van der Waals surface area contributed by atoms with E-state index in [4.69, 9.17) is 4.74 Å². The van der Waals surface area contributed by atoms with Crippen LogP contribution in [0.15, 0.2) is 33.8 Å². The molecule has 1 fully saturated rings. The van der Waals surface area contributed by atoms with Crippen LogP contribution in [0.4, 0.5) is 0 Å². The normalized spacial score (nSPS) is 16.3. The zero-order valence-corrected chi connectivity index (χ0v) is 12.3. The Hall–Kier alpha value is -1.40. The largest absolute Gasteiger partial charge is 0.378 e. The number of halogens is 1. The summed E-state index contributed by atoms with van der Waals surface area (Å²) >= 11 is 3.34. The number of carbonyl (C=O) groups excluding carboxylic acids is 1. The van der Waals surface area contributed by atoms with E-state index in [1.165, 1.54) is 0 Å². The van der Waals surface area contributed by atoms with Gasteiger partial charge in [0.1, 0.15) is 5.84 Å². The fourth-order valence-corrected chi connectivity index (χ4v) is 2.18. The molecule has 0 radical (unpaired) electrons. The van der Waals surface area contributed by atoms with Gasteiger partial charge in [0.25, 0.3) is 5.91 Å². The van der Waals surface area contributed by atoms with Crippen molar-refractivity contribution in [3.05, 3.63) is 34.3 Å². The molecule has 0 saturated carbocycles. The molecule has 19 heavy (non-hydrogen) atoms. The van der Waals surface area contributed by atoms with Crippen LogP contribution in [0.25, 0.3) is 0 Å². The van der Waals surface area contributed by atoms with Crippen LogP contribution >= 0.6 is 15.9 Å². The molecule has 0 bridgehead atoms. The van der Waals surface area contributed by atoms with Gasteiger partial charge in [-0.25, -0.2) is 5.43 Å². The van der Waals surface area contributed by atoms with Crippen molar-refractivity contribution in [3.8, 4) is 0 Å². The summed E-state index contributed by atoms with van der Waals surface area (Å²) in [6, 6.07) is 7.20. The molecular weight excluding hydrogens is 310 g/mol. The molecule has 0 aliphatic carbocycles. The Morgan fingerprint density at radius 3 is 2.84 bits per heavy atom.